The van der Waals surface area contributed by atoms with E-state index in [1.807, 2.05) is 0 Å². The van der Waals surface area contributed by atoms with Gasteiger partial charge in [0.05, 0.1) is 24.8 Å². The highest BCUT2D eigenvalue weighted by Gasteiger charge is 2.26. The summed E-state index contributed by atoms with van der Waals surface area (Å²) >= 11 is 0. The van der Waals surface area contributed by atoms with E-state index in [-0.39, 0.29) is 23.3 Å². The number of methoxy groups -OCH3 is 1. The van der Waals surface area contributed by atoms with Crippen molar-refractivity contribution in [1.29, 1.82) is 0 Å². The Balaban J connectivity index is 2.18. The number of ether oxygens (including phenoxy) is 3. The minimum absolute atomic E-state index is 0.169. The molecule has 7 heteroatoms. The highest BCUT2D eigenvalue weighted by molar-refractivity contribution is 6.09. The number of benzene rings is 1. The lowest BCUT2D eigenvalue weighted by atomic mass is 10.1. The van der Waals surface area contributed by atoms with Crippen LogP contribution in [0.4, 0.5) is 0 Å². The maximum absolute atomic E-state index is 12.6. The van der Waals surface area contributed by atoms with Crippen molar-refractivity contribution >= 4 is 17.7 Å². The lowest BCUT2D eigenvalue weighted by Gasteiger charge is -2.09. The fourth-order valence-electron chi connectivity index (χ4n) is 2.68. The molecule has 138 valence electrons. The van der Waals surface area contributed by atoms with E-state index in [1.165, 1.54) is 7.11 Å². The Kier molecular flexibility index (Phi) is 6.16. The highest BCUT2D eigenvalue weighted by Crippen LogP contribution is 2.22. The first kappa shape index (κ1) is 19.2. The van der Waals surface area contributed by atoms with E-state index in [9.17, 15) is 14.4 Å². The third kappa shape index (κ3) is 3.93. The largest absolute Gasteiger partial charge is 0.496 e. The van der Waals surface area contributed by atoms with Crippen molar-refractivity contribution in [2.24, 2.45) is 0 Å². The Labute approximate surface area is 151 Å². The van der Waals surface area contributed by atoms with Crippen molar-refractivity contribution in [1.82, 2.24) is 4.98 Å². The molecule has 0 aliphatic rings. The molecule has 0 atom stereocenters. The van der Waals surface area contributed by atoms with Crippen molar-refractivity contribution in [3.63, 3.8) is 0 Å². The Bertz CT molecular complexity index is 837. The molecule has 7 nitrogen and oxygen atoms in total. The van der Waals surface area contributed by atoms with E-state index in [1.54, 1.807) is 45.0 Å². The van der Waals surface area contributed by atoms with Crippen LogP contribution in [0.15, 0.2) is 24.3 Å². The number of nitrogens with one attached hydrogen (secondary N) is 1. The second-order valence-corrected chi connectivity index (χ2v) is 5.55. The standard InChI is InChI=1S/C19H21NO6/c1-5-25-19(23)17-12(3)20-11(2)16(17)14(21)10-26-18(22)13-8-6-7-9-15(13)24-4/h6-9,20H,5,10H2,1-4H3. The summed E-state index contributed by atoms with van der Waals surface area (Å²) in [5.41, 5.74) is 1.61. The smallest absolute Gasteiger partial charge is 0.342 e. The second-order valence-electron chi connectivity index (χ2n) is 5.55. The quantitative estimate of drug-likeness (QED) is 0.603. The van der Waals surface area contributed by atoms with Crippen LogP contribution in [-0.2, 0) is 9.47 Å². The predicted molar refractivity (Wildman–Crippen MR) is 93.8 cm³/mol. The van der Waals surface area contributed by atoms with E-state index in [0.29, 0.717) is 17.1 Å². The fraction of sp³-hybridized carbons (Fsp3) is 0.316. The molecule has 1 heterocycles. The van der Waals surface area contributed by atoms with Gasteiger partial charge in [-0.15, -0.1) is 0 Å². The molecule has 0 aliphatic carbocycles. The SMILES string of the molecule is CCOC(=O)c1c(C)[nH]c(C)c1C(=O)COC(=O)c1ccccc1OC. The number of aromatic nitrogens is 1. The van der Waals surface area contributed by atoms with Crippen molar-refractivity contribution in [3.05, 3.63) is 52.3 Å². The van der Waals surface area contributed by atoms with Gasteiger partial charge in [-0.05, 0) is 32.9 Å². The lowest BCUT2D eigenvalue weighted by molar-refractivity contribution is 0.0469. The molecule has 0 aliphatic heterocycles. The molecule has 0 amide bonds. The number of Topliss-reactive ketones (excluding diaryl/α,β-unsaturated/α-hetero) is 1. The number of carbonyl (C=O) groups excluding carboxylic acids is 3. The fourth-order valence-corrected chi connectivity index (χ4v) is 2.68. The summed E-state index contributed by atoms with van der Waals surface area (Å²) in [5, 5.41) is 0. The van der Waals surface area contributed by atoms with Gasteiger partial charge in [-0.3, -0.25) is 4.79 Å². The normalized spacial score (nSPS) is 10.3. The second kappa shape index (κ2) is 8.33. The summed E-state index contributed by atoms with van der Waals surface area (Å²) < 4.78 is 15.2. The number of hydrogen-bond donors (Lipinski definition) is 1. The third-order valence-corrected chi connectivity index (χ3v) is 3.79. The third-order valence-electron chi connectivity index (χ3n) is 3.79. The molecule has 26 heavy (non-hydrogen) atoms. The molecule has 0 unspecified atom stereocenters. The van der Waals surface area contributed by atoms with Crippen LogP contribution in [0, 0.1) is 13.8 Å². The maximum Gasteiger partial charge on any atom is 0.342 e. The molecule has 2 rings (SSSR count). The number of H-pyrrole nitrogens is 1. The van der Waals surface area contributed by atoms with Crippen molar-refractivity contribution in [2.45, 2.75) is 20.8 Å². The molecule has 1 aromatic carbocycles. The summed E-state index contributed by atoms with van der Waals surface area (Å²) in [7, 11) is 1.44. The Morgan fingerprint density at radius 3 is 2.27 bits per heavy atom. The van der Waals surface area contributed by atoms with Gasteiger partial charge >= 0.3 is 11.9 Å². The van der Waals surface area contributed by atoms with Crippen LogP contribution >= 0.6 is 0 Å². The van der Waals surface area contributed by atoms with Crippen LogP contribution in [0.3, 0.4) is 0 Å². The summed E-state index contributed by atoms with van der Waals surface area (Å²) in [6.07, 6.45) is 0. The summed E-state index contributed by atoms with van der Waals surface area (Å²) in [5.74, 6) is -1.41. The van der Waals surface area contributed by atoms with Crippen molar-refractivity contribution in [3.8, 4) is 5.75 Å². The minimum atomic E-state index is -0.682. The van der Waals surface area contributed by atoms with Gasteiger partial charge in [0.15, 0.2) is 6.61 Å². The van der Waals surface area contributed by atoms with E-state index >= 15 is 0 Å². The summed E-state index contributed by atoms with van der Waals surface area (Å²) in [6.45, 7) is 4.73. The average Bonchev–Trinajstić information content (AvgIpc) is 2.93. The molecular formula is C19H21NO6. The van der Waals surface area contributed by atoms with Gasteiger partial charge in [-0.25, -0.2) is 9.59 Å². The maximum atomic E-state index is 12.6. The first-order valence-corrected chi connectivity index (χ1v) is 8.10. The van der Waals surface area contributed by atoms with Crippen molar-refractivity contribution in [2.75, 3.05) is 20.3 Å². The van der Waals surface area contributed by atoms with Gasteiger partial charge in [-0.2, -0.15) is 0 Å². The van der Waals surface area contributed by atoms with Crippen LogP contribution in [0.2, 0.25) is 0 Å². The summed E-state index contributed by atoms with van der Waals surface area (Å²) in [6, 6.07) is 6.55. The van der Waals surface area contributed by atoms with Gasteiger partial charge in [-0.1, -0.05) is 12.1 Å². The lowest BCUT2D eigenvalue weighted by Crippen LogP contribution is -2.18. The van der Waals surface area contributed by atoms with Gasteiger partial charge in [0.1, 0.15) is 11.3 Å². The van der Waals surface area contributed by atoms with Gasteiger partial charge in [0.2, 0.25) is 5.78 Å². The van der Waals surface area contributed by atoms with E-state index in [0.717, 1.165) is 0 Å². The first-order valence-electron chi connectivity index (χ1n) is 8.10. The van der Waals surface area contributed by atoms with Crippen LogP contribution in [0.5, 0.6) is 5.75 Å². The monoisotopic (exact) mass is 359 g/mol. The van der Waals surface area contributed by atoms with Crippen LogP contribution in [0.1, 0.15) is 49.4 Å². The van der Waals surface area contributed by atoms with E-state index in [2.05, 4.69) is 4.98 Å². The van der Waals surface area contributed by atoms with E-state index < -0.39 is 24.3 Å². The molecule has 0 radical (unpaired) electrons. The Hall–Kier alpha value is -3.09. The first-order chi connectivity index (χ1) is 12.4. The molecule has 0 spiro atoms. The van der Waals surface area contributed by atoms with Crippen LogP contribution in [0.25, 0.3) is 0 Å². The van der Waals surface area contributed by atoms with Crippen LogP contribution in [-0.4, -0.2) is 43.0 Å². The number of carbonyl (C=O) groups is 3. The number of aromatic amines is 1. The average molecular weight is 359 g/mol. The van der Waals surface area contributed by atoms with Crippen molar-refractivity contribution < 1.29 is 28.6 Å². The minimum Gasteiger partial charge on any atom is -0.496 e. The topological polar surface area (TPSA) is 94.7 Å². The molecule has 0 fully saturated rings. The molecule has 1 N–H and O–H groups in total. The van der Waals surface area contributed by atoms with Gasteiger partial charge in [0.25, 0.3) is 0 Å². The van der Waals surface area contributed by atoms with Gasteiger partial charge in [0, 0.05) is 11.4 Å². The highest BCUT2D eigenvalue weighted by atomic mass is 16.5. The zero-order chi connectivity index (χ0) is 19.3. The van der Waals surface area contributed by atoms with Gasteiger partial charge < -0.3 is 19.2 Å². The summed E-state index contributed by atoms with van der Waals surface area (Å²) in [4.78, 5) is 39.9. The zero-order valence-electron chi connectivity index (χ0n) is 15.2. The number of ketones is 1. The molecule has 1 aromatic heterocycles. The van der Waals surface area contributed by atoms with E-state index in [4.69, 9.17) is 14.2 Å². The molecule has 0 bridgehead atoms. The number of aryl methyl sites for hydroxylation is 2. The number of para-hydroxylation sites is 1. The molecule has 0 saturated heterocycles. The zero-order valence-corrected chi connectivity index (χ0v) is 15.2. The number of rotatable bonds is 7. The number of esters is 2. The molecular weight excluding hydrogens is 338 g/mol. The Morgan fingerprint density at radius 1 is 0.962 bits per heavy atom. The van der Waals surface area contributed by atoms with Crippen LogP contribution < -0.4 is 4.74 Å². The molecule has 2 aromatic rings. The molecule has 0 saturated carbocycles. The number of hydrogen-bond acceptors (Lipinski definition) is 6. The Morgan fingerprint density at radius 2 is 1.62 bits per heavy atom. The predicted octanol–water partition coefficient (Wildman–Crippen LogP) is 2.86.